The van der Waals surface area contributed by atoms with E-state index in [1.165, 1.54) is 5.56 Å². The van der Waals surface area contributed by atoms with E-state index < -0.39 is 0 Å². The van der Waals surface area contributed by atoms with Gasteiger partial charge in [0, 0.05) is 51.9 Å². The maximum absolute atomic E-state index is 5.93. The van der Waals surface area contributed by atoms with E-state index in [1.807, 2.05) is 18.0 Å². The van der Waals surface area contributed by atoms with E-state index in [-0.39, 0.29) is 5.60 Å². The van der Waals surface area contributed by atoms with Crippen LogP contribution in [0.5, 0.6) is 0 Å². The van der Waals surface area contributed by atoms with Gasteiger partial charge < -0.3 is 14.8 Å². The van der Waals surface area contributed by atoms with E-state index >= 15 is 0 Å². The third kappa shape index (κ3) is 3.40. The van der Waals surface area contributed by atoms with Gasteiger partial charge in [-0.1, -0.05) is 6.92 Å². The summed E-state index contributed by atoms with van der Waals surface area (Å²) in [5.74, 6) is 0. The van der Waals surface area contributed by atoms with Gasteiger partial charge in [-0.05, 0) is 25.5 Å². The summed E-state index contributed by atoms with van der Waals surface area (Å²) in [5.41, 5.74) is 1.14. The first-order valence-corrected chi connectivity index (χ1v) is 7.61. The highest BCUT2D eigenvalue weighted by Gasteiger charge is 2.40. The number of rotatable bonds is 7. The lowest BCUT2D eigenvalue weighted by molar-refractivity contribution is -0.110. The summed E-state index contributed by atoms with van der Waals surface area (Å²) in [7, 11) is 1.82. The van der Waals surface area contributed by atoms with Gasteiger partial charge in [0.2, 0.25) is 0 Å². The lowest BCUT2D eigenvalue weighted by Gasteiger charge is -2.42. The van der Waals surface area contributed by atoms with Gasteiger partial charge in [0.1, 0.15) is 0 Å². The minimum Gasteiger partial charge on any atom is -0.381 e. The van der Waals surface area contributed by atoms with Crippen LogP contribution >= 0.6 is 0 Å². The van der Waals surface area contributed by atoms with E-state index in [2.05, 4.69) is 30.5 Å². The molecule has 1 N–H and O–H groups in total. The van der Waals surface area contributed by atoms with Gasteiger partial charge in [-0.2, -0.15) is 5.10 Å². The van der Waals surface area contributed by atoms with Crippen molar-refractivity contribution in [1.29, 1.82) is 0 Å². The molecule has 5 nitrogen and oxygen atoms in total. The highest BCUT2D eigenvalue weighted by molar-refractivity contribution is 5.10. The third-order valence-electron chi connectivity index (χ3n) is 4.28. The molecule has 1 aromatic heterocycles. The monoisotopic (exact) mass is 281 g/mol. The SMILES string of the molecule is CCNC(Cc1cnn(CC)c1)C1(OC)CCOCC1. The zero-order valence-corrected chi connectivity index (χ0v) is 12.9. The first-order chi connectivity index (χ1) is 9.74. The fourth-order valence-corrected chi connectivity index (χ4v) is 3.02. The molecule has 0 aliphatic carbocycles. The lowest BCUT2D eigenvalue weighted by Crippen LogP contribution is -2.56. The molecule has 0 amide bonds. The van der Waals surface area contributed by atoms with E-state index in [1.54, 1.807) is 0 Å². The molecule has 1 saturated heterocycles. The number of likely N-dealkylation sites (N-methyl/N-ethyl adjacent to an activating group) is 1. The molecule has 1 unspecified atom stereocenters. The number of aryl methyl sites for hydroxylation is 1. The molecule has 0 saturated carbocycles. The Labute approximate surface area is 121 Å². The summed E-state index contributed by atoms with van der Waals surface area (Å²) in [5, 5.41) is 7.97. The first-order valence-electron chi connectivity index (χ1n) is 7.61. The van der Waals surface area contributed by atoms with Crippen molar-refractivity contribution < 1.29 is 9.47 Å². The van der Waals surface area contributed by atoms with E-state index in [4.69, 9.17) is 9.47 Å². The standard InChI is InChI=1S/C15H27N3O2/c1-4-16-14(10-13-11-17-18(5-2)12-13)15(19-3)6-8-20-9-7-15/h11-12,14,16H,4-10H2,1-3H3. The Balaban J connectivity index is 2.11. The average molecular weight is 281 g/mol. The number of methoxy groups -OCH3 is 1. The molecular weight excluding hydrogens is 254 g/mol. The summed E-state index contributed by atoms with van der Waals surface area (Å²) in [6.07, 6.45) is 6.94. The van der Waals surface area contributed by atoms with Gasteiger partial charge in [0.15, 0.2) is 0 Å². The third-order valence-corrected chi connectivity index (χ3v) is 4.28. The Morgan fingerprint density at radius 1 is 1.45 bits per heavy atom. The Hall–Kier alpha value is -0.910. The van der Waals surface area contributed by atoms with Gasteiger partial charge in [0.25, 0.3) is 0 Å². The van der Waals surface area contributed by atoms with Gasteiger partial charge in [-0.15, -0.1) is 0 Å². The second-order valence-electron chi connectivity index (χ2n) is 5.40. The summed E-state index contributed by atoms with van der Waals surface area (Å²) in [6.45, 7) is 7.67. The van der Waals surface area contributed by atoms with Crippen molar-refractivity contribution >= 4 is 0 Å². The zero-order valence-electron chi connectivity index (χ0n) is 12.9. The van der Waals surface area contributed by atoms with Crippen LogP contribution in [0.3, 0.4) is 0 Å². The van der Waals surface area contributed by atoms with Crippen molar-refractivity contribution in [1.82, 2.24) is 15.1 Å². The molecule has 2 rings (SSSR count). The minimum atomic E-state index is -0.122. The first kappa shape index (κ1) is 15.5. The van der Waals surface area contributed by atoms with Crippen LogP contribution in [-0.4, -0.2) is 48.3 Å². The number of hydrogen-bond donors (Lipinski definition) is 1. The molecule has 0 aromatic carbocycles. The second-order valence-corrected chi connectivity index (χ2v) is 5.40. The van der Waals surface area contributed by atoms with Crippen molar-refractivity contribution in [2.75, 3.05) is 26.9 Å². The Morgan fingerprint density at radius 2 is 2.20 bits per heavy atom. The molecule has 1 atom stereocenters. The molecule has 0 bridgehead atoms. The van der Waals surface area contributed by atoms with E-state index in [0.29, 0.717) is 6.04 Å². The van der Waals surface area contributed by atoms with Crippen LogP contribution in [0.1, 0.15) is 32.3 Å². The zero-order chi connectivity index (χ0) is 14.4. The van der Waals surface area contributed by atoms with E-state index in [9.17, 15) is 0 Å². The van der Waals surface area contributed by atoms with Crippen molar-refractivity contribution in [2.45, 2.75) is 51.3 Å². The number of nitrogens with one attached hydrogen (secondary N) is 1. The molecule has 5 heteroatoms. The highest BCUT2D eigenvalue weighted by Crippen LogP contribution is 2.30. The smallest absolute Gasteiger partial charge is 0.0877 e. The van der Waals surface area contributed by atoms with Crippen LogP contribution in [0, 0.1) is 0 Å². The predicted molar refractivity (Wildman–Crippen MR) is 78.9 cm³/mol. The van der Waals surface area contributed by atoms with Gasteiger partial charge >= 0.3 is 0 Å². The Bertz CT molecular complexity index is 400. The molecule has 20 heavy (non-hydrogen) atoms. The Kier molecular flexibility index (Phi) is 5.57. The molecule has 114 valence electrons. The lowest BCUT2D eigenvalue weighted by atomic mass is 9.83. The van der Waals surface area contributed by atoms with Crippen molar-refractivity contribution in [3.63, 3.8) is 0 Å². The van der Waals surface area contributed by atoms with Crippen molar-refractivity contribution in [3.8, 4) is 0 Å². The van der Waals surface area contributed by atoms with Crippen molar-refractivity contribution in [3.05, 3.63) is 18.0 Å². The average Bonchev–Trinajstić information content (AvgIpc) is 2.95. The largest absolute Gasteiger partial charge is 0.381 e. The number of ether oxygens (including phenoxy) is 2. The van der Waals surface area contributed by atoms with Crippen LogP contribution in [0.4, 0.5) is 0 Å². The van der Waals surface area contributed by atoms with Gasteiger partial charge in [0.05, 0.1) is 11.8 Å². The van der Waals surface area contributed by atoms with Crippen molar-refractivity contribution in [2.24, 2.45) is 0 Å². The Morgan fingerprint density at radius 3 is 2.75 bits per heavy atom. The number of aromatic nitrogens is 2. The number of hydrogen-bond acceptors (Lipinski definition) is 4. The quantitative estimate of drug-likeness (QED) is 0.825. The molecule has 2 heterocycles. The highest BCUT2D eigenvalue weighted by atomic mass is 16.5. The fraction of sp³-hybridized carbons (Fsp3) is 0.800. The maximum atomic E-state index is 5.93. The molecule has 0 spiro atoms. The minimum absolute atomic E-state index is 0.122. The predicted octanol–water partition coefficient (Wildman–Crippen LogP) is 1.62. The maximum Gasteiger partial charge on any atom is 0.0877 e. The fourth-order valence-electron chi connectivity index (χ4n) is 3.02. The van der Waals surface area contributed by atoms with Crippen LogP contribution in [0.2, 0.25) is 0 Å². The molecular formula is C15H27N3O2. The topological polar surface area (TPSA) is 48.3 Å². The summed E-state index contributed by atoms with van der Waals surface area (Å²) >= 11 is 0. The summed E-state index contributed by atoms with van der Waals surface area (Å²) in [4.78, 5) is 0. The van der Waals surface area contributed by atoms with Crippen LogP contribution in [0.25, 0.3) is 0 Å². The molecule has 0 radical (unpaired) electrons. The normalized spacial score (nSPS) is 19.9. The summed E-state index contributed by atoms with van der Waals surface area (Å²) in [6, 6.07) is 0.302. The van der Waals surface area contributed by atoms with Crippen LogP contribution in [-0.2, 0) is 22.4 Å². The second kappa shape index (κ2) is 7.20. The van der Waals surface area contributed by atoms with E-state index in [0.717, 1.165) is 45.6 Å². The van der Waals surface area contributed by atoms with Crippen LogP contribution < -0.4 is 5.32 Å². The molecule has 1 fully saturated rings. The van der Waals surface area contributed by atoms with Gasteiger partial charge in [-0.25, -0.2) is 0 Å². The molecule has 1 aliphatic heterocycles. The number of nitrogens with zero attached hydrogens (tertiary/aromatic N) is 2. The molecule has 1 aromatic rings. The van der Waals surface area contributed by atoms with Crippen LogP contribution in [0.15, 0.2) is 12.4 Å². The van der Waals surface area contributed by atoms with Gasteiger partial charge in [-0.3, -0.25) is 4.68 Å². The molecule has 1 aliphatic rings. The summed E-state index contributed by atoms with van der Waals surface area (Å²) < 4.78 is 13.4.